The van der Waals surface area contributed by atoms with Crippen molar-refractivity contribution < 1.29 is 0 Å². The molecule has 0 aliphatic heterocycles. The van der Waals surface area contributed by atoms with Crippen molar-refractivity contribution in [2.75, 3.05) is 20.1 Å². The fourth-order valence-corrected chi connectivity index (χ4v) is 2.81. The molecule has 0 radical (unpaired) electrons. The number of aromatic nitrogens is 1. The molecule has 1 aromatic heterocycles. The molecule has 1 heterocycles. The lowest BCUT2D eigenvalue weighted by molar-refractivity contribution is 0.474. The highest BCUT2D eigenvalue weighted by molar-refractivity contribution is 5.79. The predicted octanol–water partition coefficient (Wildman–Crippen LogP) is 3.03. The van der Waals surface area contributed by atoms with E-state index in [-0.39, 0.29) is 5.56 Å². The number of nitrogens with zero attached hydrogens (tertiary/aromatic N) is 3. The summed E-state index contributed by atoms with van der Waals surface area (Å²) < 4.78 is 1.75. The van der Waals surface area contributed by atoms with Gasteiger partial charge in [-0.15, -0.1) is 0 Å². The Morgan fingerprint density at radius 2 is 1.92 bits per heavy atom. The van der Waals surface area contributed by atoms with Crippen molar-refractivity contribution in [2.24, 2.45) is 4.99 Å². The maximum atomic E-state index is 11.7. The molecular weight excluding hydrogens is 324 g/mol. The van der Waals surface area contributed by atoms with Crippen molar-refractivity contribution in [1.82, 2.24) is 14.8 Å². The van der Waals surface area contributed by atoms with Crippen LogP contribution < -0.4 is 10.9 Å². The third-order valence-electron chi connectivity index (χ3n) is 4.33. The van der Waals surface area contributed by atoms with Gasteiger partial charge >= 0.3 is 0 Å². The normalized spacial score (nSPS) is 11.4. The van der Waals surface area contributed by atoms with Crippen molar-refractivity contribution >= 4 is 5.96 Å². The molecule has 0 aliphatic carbocycles. The van der Waals surface area contributed by atoms with E-state index >= 15 is 0 Å². The van der Waals surface area contributed by atoms with Crippen molar-refractivity contribution in [1.29, 1.82) is 0 Å². The highest BCUT2D eigenvalue weighted by atomic mass is 16.1. The molecule has 0 fully saturated rings. The molecule has 0 spiro atoms. The van der Waals surface area contributed by atoms with Gasteiger partial charge in [-0.05, 0) is 43.9 Å². The molecule has 2 aromatic rings. The van der Waals surface area contributed by atoms with Gasteiger partial charge in [0.15, 0.2) is 5.96 Å². The van der Waals surface area contributed by atoms with Crippen LogP contribution in [0.2, 0.25) is 0 Å². The van der Waals surface area contributed by atoms with Gasteiger partial charge in [0.1, 0.15) is 0 Å². The summed E-state index contributed by atoms with van der Waals surface area (Å²) in [5.74, 6) is 0.924. The van der Waals surface area contributed by atoms with Gasteiger partial charge < -0.3 is 14.8 Å². The monoisotopic (exact) mass is 354 g/mol. The summed E-state index contributed by atoms with van der Waals surface area (Å²) in [6.45, 7) is 7.39. The SMILES string of the molecule is CCNC(=NCCCCn1ccccc1=O)N(C)Cc1ccccc1C. The summed E-state index contributed by atoms with van der Waals surface area (Å²) in [5, 5.41) is 3.36. The van der Waals surface area contributed by atoms with Gasteiger partial charge in [0, 0.05) is 45.5 Å². The molecule has 140 valence electrons. The van der Waals surface area contributed by atoms with E-state index in [4.69, 9.17) is 4.99 Å². The summed E-state index contributed by atoms with van der Waals surface area (Å²) in [4.78, 5) is 18.6. The zero-order valence-corrected chi connectivity index (χ0v) is 16.1. The Labute approximate surface area is 156 Å². The van der Waals surface area contributed by atoms with Crippen LogP contribution in [0.3, 0.4) is 0 Å². The lowest BCUT2D eigenvalue weighted by atomic mass is 10.1. The second-order valence-corrected chi connectivity index (χ2v) is 6.46. The smallest absolute Gasteiger partial charge is 0.250 e. The Bertz CT molecular complexity index is 766. The molecule has 0 atom stereocenters. The Morgan fingerprint density at radius 3 is 2.65 bits per heavy atom. The molecule has 5 nitrogen and oxygen atoms in total. The average Bonchev–Trinajstić information content (AvgIpc) is 2.64. The Balaban J connectivity index is 1.86. The topological polar surface area (TPSA) is 49.6 Å². The summed E-state index contributed by atoms with van der Waals surface area (Å²) in [6.07, 6.45) is 3.73. The van der Waals surface area contributed by atoms with Gasteiger partial charge in [-0.1, -0.05) is 30.3 Å². The number of aliphatic imine (C=N–C) groups is 1. The third-order valence-corrected chi connectivity index (χ3v) is 4.33. The van der Waals surface area contributed by atoms with Crippen molar-refractivity contribution in [3.63, 3.8) is 0 Å². The number of guanidine groups is 1. The fourth-order valence-electron chi connectivity index (χ4n) is 2.81. The third kappa shape index (κ3) is 6.06. The molecule has 0 bridgehead atoms. The molecule has 0 saturated carbocycles. The second-order valence-electron chi connectivity index (χ2n) is 6.46. The Kier molecular flexibility index (Phi) is 7.93. The maximum Gasteiger partial charge on any atom is 0.250 e. The highest BCUT2D eigenvalue weighted by Crippen LogP contribution is 2.09. The standard InChI is InChI=1S/C21H30N4O/c1-4-22-21(24(3)17-19-12-6-5-11-18(19)2)23-14-8-10-16-25-15-9-7-13-20(25)26/h5-7,9,11-13,15H,4,8,10,14,16-17H2,1-3H3,(H,22,23). The number of unbranched alkanes of at least 4 members (excludes halogenated alkanes) is 1. The van der Waals surface area contributed by atoms with Crippen molar-refractivity contribution in [2.45, 2.75) is 39.8 Å². The van der Waals surface area contributed by atoms with Gasteiger partial charge in [0.05, 0.1) is 0 Å². The number of nitrogens with one attached hydrogen (secondary N) is 1. The molecule has 0 unspecified atom stereocenters. The average molecular weight is 354 g/mol. The Morgan fingerprint density at radius 1 is 1.15 bits per heavy atom. The van der Waals surface area contributed by atoms with Crippen molar-refractivity contribution in [3.8, 4) is 0 Å². The van der Waals surface area contributed by atoms with Crippen LogP contribution in [0.4, 0.5) is 0 Å². The van der Waals surface area contributed by atoms with E-state index in [0.29, 0.717) is 0 Å². The fraction of sp³-hybridized carbons (Fsp3) is 0.429. The van der Waals surface area contributed by atoms with Gasteiger partial charge in [-0.3, -0.25) is 9.79 Å². The van der Waals surface area contributed by atoms with Crippen LogP contribution in [0.5, 0.6) is 0 Å². The number of hydrogen-bond donors (Lipinski definition) is 1. The molecule has 26 heavy (non-hydrogen) atoms. The van der Waals surface area contributed by atoms with Crippen LogP contribution >= 0.6 is 0 Å². The number of rotatable bonds is 8. The zero-order valence-electron chi connectivity index (χ0n) is 16.1. The van der Waals surface area contributed by atoms with Gasteiger partial charge in [0.25, 0.3) is 0 Å². The minimum absolute atomic E-state index is 0.0577. The van der Waals surface area contributed by atoms with E-state index in [1.54, 1.807) is 16.7 Å². The summed E-state index contributed by atoms with van der Waals surface area (Å²) >= 11 is 0. The molecule has 1 aromatic carbocycles. The molecule has 2 rings (SSSR count). The minimum atomic E-state index is 0.0577. The number of pyridine rings is 1. The van der Waals surface area contributed by atoms with E-state index in [1.807, 2.05) is 12.3 Å². The van der Waals surface area contributed by atoms with Crippen LogP contribution in [0.15, 0.2) is 58.4 Å². The summed E-state index contributed by atoms with van der Waals surface area (Å²) in [6, 6.07) is 13.7. The second kappa shape index (κ2) is 10.4. The van der Waals surface area contributed by atoms with Crippen LogP contribution in [0.25, 0.3) is 0 Å². The lowest BCUT2D eigenvalue weighted by Gasteiger charge is -2.23. The zero-order chi connectivity index (χ0) is 18.8. The molecule has 0 aliphatic rings. The van der Waals surface area contributed by atoms with E-state index < -0.39 is 0 Å². The maximum absolute atomic E-state index is 11.7. The number of benzene rings is 1. The first-order chi connectivity index (χ1) is 12.6. The molecule has 5 heteroatoms. The Hall–Kier alpha value is -2.56. The van der Waals surface area contributed by atoms with Crippen LogP contribution in [-0.2, 0) is 13.1 Å². The molecule has 1 N–H and O–H groups in total. The van der Waals surface area contributed by atoms with Gasteiger partial charge in [-0.2, -0.15) is 0 Å². The minimum Gasteiger partial charge on any atom is -0.357 e. The lowest BCUT2D eigenvalue weighted by Crippen LogP contribution is -2.38. The molecule has 0 amide bonds. The van der Waals surface area contributed by atoms with E-state index in [1.165, 1.54) is 11.1 Å². The highest BCUT2D eigenvalue weighted by Gasteiger charge is 2.07. The quantitative estimate of drug-likeness (QED) is 0.450. The predicted molar refractivity (Wildman–Crippen MR) is 109 cm³/mol. The first-order valence-electron chi connectivity index (χ1n) is 9.31. The summed E-state index contributed by atoms with van der Waals surface area (Å²) in [5.41, 5.74) is 2.66. The largest absolute Gasteiger partial charge is 0.357 e. The van der Waals surface area contributed by atoms with E-state index in [0.717, 1.165) is 45.0 Å². The van der Waals surface area contributed by atoms with Crippen LogP contribution in [-0.4, -0.2) is 35.6 Å². The number of hydrogen-bond acceptors (Lipinski definition) is 2. The first-order valence-corrected chi connectivity index (χ1v) is 9.31. The van der Waals surface area contributed by atoms with Gasteiger partial charge in [-0.25, -0.2) is 0 Å². The van der Waals surface area contributed by atoms with Crippen LogP contribution in [0.1, 0.15) is 30.9 Å². The van der Waals surface area contributed by atoms with E-state index in [9.17, 15) is 4.79 Å². The van der Waals surface area contributed by atoms with Crippen molar-refractivity contribution in [3.05, 3.63) is 70.1 Å². The van der Waals surface area contributed by atoms with Crippen LogP contribution in [0, 0.1) is 6.92 Å². The molecule has 0 saturated heterocycles. The molecular formula is C21H30N4O. The first kappa shape index (κ1) is 19.8. The number of aryl methyl sites for hydroxylation is 2. The summed E-state index contributed by atoms with van der Waals surface area (Å²) in [7, 11) is 2.07. The van der Waals surface area contributed by atoms with Gasteiger partial charge in [0.2, 0.25) is 5.56 Å². The van der Waals surface area contributed by atoms with E-state index in [2.05, 4.69) is 55.4 Å².